The first-order valence-corrected chi connectivity index (χ1v) is 8.36. The van der Waals surface area contributed by atoms with Gasteiger partial charge in [-0.25, -0.2) is 0 Å². The second-order valence-corrected chi connectivity index (χ2v) is 6.27. The van der Waals surface area contributed by atoms with Crippen LogP contribution in [0.5, 0.6) is 5.75 Å². The Morgan fingerprint density at radius 1 is 1.29 bits per heavy atom. The first-order valence-electron chi connectivity index (χ1n) is 7.98. The average Bonchev–Trinajstić information content (AvgIpc) is 3.12. The zero-order valence-corrected chi connectivity index (χ0v) is 14.0. The summed E-state index contributed by atoms with van der Waals surface area (Å²) in [6, 6.07) is 5.42. The molecule has 0 aromatic heterocycles. The summed E-state index contributed by atoms with van der Waals surface area (Å²) >= 11 is 5.97. The normalized spacial score (nSPS) is 16.5. The summed E-state index contributed by atoms with van der Waals surface area (Å²) in [6.07, 6.45) is 7.13. The molecule has 0 unspecified atom stereocenters. The number of carbonyl (C=O) groups is 2. The number of rotatable bonds is 4. The molecule has 1 N–H and O–H groups in total. The highest BCUT2D eigenvalue weighted by molar-refractivity contribution is 6.30. The molecule has 1 aromatic carbocycles. The van der Waals surface area contributed by atoms with Gasteiger partial charge in [0, 0.05) is 29.8 Å². The number of likely N-dealkylation sites (tertiary alicyclic amines) is 1. The van der Waals surface area contributed by atoms with E-state index in [0.717, 1.165) is 42.8 Å². The minimum absolute atomic E-state index is 0.0296. The molecule has 6 heteroatoms. The van der Waals surface area contributed by atoms with E-state index >= 15 is 0 Å². The fourth-order valence-electron chi connectivity index (χ4n) is 2.74. The quantitative estimate of drug-likeness (QED) is 0.852. The number of hydrogen-bond acceptors (Lipinski definition) is 3. The molecule has 0 spiro atoms. The first kappa shape index (κ1) is 16.6. The van der Waals surface area contributed by atoms with Crippen molar-refractivity contribution in [3.8, 4) is 5.75 Å². The van der Waals surface area contributed by atoms with Crippen LogP contribution in [-0.2, 0) is 9.59 Å². The lowest BCUT2D eigenvalue weighted by atomic mass is 10.1. The molecule has 2 aliphatic heterocycles. The van der Waals surface area contributed by atoms with E-state index in [1.807, 2.05) is 18.2 Å². The van der Waals surface area contributed by atoms with E-state index in [0.29, 0.717) is 11.6 Å². The van der Waals surface area contributed by atoms with Crippen molar-refractivity contribution in [3.63, 3.8) is 0 Å². The molecule has 0 aliphatic carbocycles. The van der Waals surface area contributed by atoms with Gasteiger partial charge in [-0.2, -0.15) is 0 Å². The van der Waals surface area contributed by atoms with Crippen molar-refractivity contribution in [2.45, 2.75) is 12.8 Å². The Balaban J connectivity index is 1.53. The Bertz CT molecular complexity index is 706. The van der Waals surface area contributed by atoms with Gasteiger partial charge in [0.1, 0.15) is 12.4 Å². The molecule has 2 heterocycles. The maximum absolute atomic E-state index is 11.9. The SMILES string of the molecule is O=C(/C=C/C1=Cc2cc(Cl)ccc2OC1)NCC(=O)N1CCCC1. The van der Waals surface area contributed by atoms with Crippen molar-refractivity contribution in [3.05, 3.63) is 46.5 Å². The Hall–Kier alpha value is -2.27. The van der Waals surface area contributed by atoms with E-state index in [1.165, 1.54) is 6.08 Å². The second kappa shape index (κ2) is 7.53. The number of benzene rings is 1. The number of fused-ring (bicyclic) bond motifs is 1. The van der Waals surface area contributed by atoms with Crippen molar-refractivity contribution in [1.82, 2.24) is 10.2 Å². The fourth-order valence-corrected chi connectivity index (χ4v) is 2.93. The van der Waals surface area contributed by atoms with Gasteiger partial charge in [-0.05, 0) is 42.7 Å². The van der Waals surface area contributed by atoms with Crippen molar-refractivity contribution < 1.29 is 14.3 Å². The summed E-state index contributed by atoms with van der Waals surface area (Å²) < 4.78 is 5.62. The molecule has 2 amide bonds. The van der Waals surface area contributed by atoms with E-state index in [-0.39, 0.29) is 18.4 Å². The van der Waals surface area contributed by atoms with Crippen LogP contribution in [0.3, 0.4) is 0 Å². The van der Waals surface area contributed by atoms with Crippen LogP contribution in [-0.4, -0.2) is 43.0 Å². The molecule has 0 atom stereocenters. The van der Waals surface area contributed by atoms with Crippen molar-refractivity contribution in [2.75, 3.05) is 26.2 Å². The lowest BCUT2D eigenvalue weighted by Crippen LogP contribution is -2.38. The van der Waals surface area contributed by atoms with Crippen LogP contribution in [0.15, 0.2) is 35.9 Å². The summed E-state index contributed by atoms with van der Waals surface area (Å²) in [5.41, 5.74) is 1.75. The predicted molar refractivity (Wildman–Crippen MR) is 92.9 cm³/mol. The number of nitrogens with zero attached hydrogens (tertiary/aromatic N) is 1. The van der Waals surface area contributed by atoms with E-state index in [1.54, 1.807) is 17.0 Å². The largest absolute Gasteiger partial charge is 0.488 e. The number of carbonyl (C=O) groups excluding carboxylic acids is 2. The standard InChI is InChI=1S/C18H19ClN2O3/c19-15-4-5-16-14(10-15)9-13(12-24-16)3-6-17(22)20-11-18(23)21-7-1-2-8-21/h3-6,9-10H,1-2,7-8,11-12H2,(H,20,22)/b6-3+. The molecule has 24 heavy (non-hydrogen) atoms. The Morgan fingerprint density at radius 3 is 2.88 bits per heavy atom. The van der Waals surface area contributed by atoms with Crippen LogP contribution in [0.2, 0.25) is 5.02 Å². The van der Waals surface area contributed by atoms with Gasteiger partial charge in [0.25, 0.3) is 0 Å². The number of nitrogens with one attached hydrogen (secondary N) is 1. The summed E-state index contributed by atoms with van der Waals surface area (Å²) in [6.45, 7) is 2.01. The number of ether oxygens (including phenoxy) is 1. The third kappa shape index (κ3) is 4.17. The molecular weight excluding hydrogens is 328 g/mol. The van der Waals surface area contributed by atoms with Gasteiger partial charge in [0.15, 0.2) is 0 Å². The summed E-state index contributed by atoms with van der Waals surface area (Å²) in [4.78, 5) is 25.5. The smallest absolute Gasteiger partial charge is 0.244 e. The van der Waals surface area contributed by atoms with Gasteiger partial charge >= 0.3 is 0 Å². The monoisotopic (exact) mass is 346 g/mol. The highest BCUT2D eigenvalue weighted by Gasteiger charge is 2.17. The van der Waals surface area contributed by atoms with Crippen LogP contribution < -0.4 is 10.1 Å². The first-order chi connectivity index (χ1) is 11.6. The Morgan fingerprint density at radius 2 is 2.08 bits per heavy atom. The van der Waals surface area contributed by atoms with Crippen LogP contribution in [0.4, 0.5) is 0 Å². The predicted octanol–water partition coefficient (Wildman–Crippen LogP) is 2.41. The maximum atomic E-state index is 11.9. The Kier molecular flexibility index (Phi) is 5.20. The number of amides is 2. The molecule has 126 valence electrons. The summed E-state index contributed by atoms with van der Waals surface area (Å²) in [5, 5.41) is 3.26. The van der Waals surface area contributed by atoms with Gasteiger partial charge in [-0.15, -0.1) is 0 Å². The molecule has 5 nitrogen and oxygen atoms in total. The molecule has 1 saturated heterocycles. The lowest BCUT2D eigenvalue weighted by Gasteiger charge is -2.16. The van der Waals surface area contributed by atoms with Gasteiger partial charge in [-0.1, -0.05) is 17.7 Å². The van der Waals surface area contributed by atoms with E-state index in [2.05, 4.69) is 5.32 Å². The van der Waals surface area contributed by atoms with Crippen LogP contribution in [0.25, 0.3) is 6.08 Å². The van der Waals surface area contributed by atoms with Gasteiger partial charge in [0.2, 0.25) is 11.8 Å². The molecule has 1 aromatic rings. The van der Waals surface area contributed by atoms with Crippen molar-refractivity contribution in [1.29, 1.82) is 0 Å². The topological polar surface area (TPSA) is 58.6 Å². The highest BCUT2D eigenvalue weighted by Crippen LogP contribution is 2.29. The molecule has 2 aliphatic rings. The minimum Gasteiger partial charge on any atom is -0.488 e. The number of halogens is 1. The highest BCUT2D eigenvalue weighted by atomic mass is 35.5. The third-order valence-electron chi connectivity index (χ3n) is 4.03. The van der Waals surface area contributed by atoms with Gasteiger partial charge in [0.05, 0.1) is 6.54 Å². The van der Waals surface area contributed by atoms with Crippen molar-refractivity contribution >= 4 is 29.5 Å². The second-order valence-electron chi connectivity index (χ2n) is 5.83. The molecule has 3 rings (SSSR count). The molecule has 0 radical (unpaired) electrons. The third-order valence-corrected chi connectivity index (χ3v) is 4.26. The molecule has 1 fully saturated rings. The van der Waals surface area contributed by atoms with Crippen molar-refractivity contribution in [2.24, 2.45) is 0 Å². The minimum atomic E-state index is -0.291. The maximum Gasteiger partial charge on any atom is 0.244 e. The summed E-state index contributed by atoms with van der Waals surface area (Å²) in [7, 11) is 0. The Labute approximate surface area is 145 Å². The van der Waals surface area contributed by atoms with Gasteiger partial charge < -0.3 is 15.0 Å². The zero-order chi connectivity index (χ0) is 16.9. The van der Waals surface area contributed by atoms with E-state index in [4.69, 9.17) is 16.3 Å². The summed E-state index contributed by atoms with van der Waals surface area (Å²) in [5.74, 6) is 0.454. The van der Waals surface area contributed by atoms with Crippen LogP contribution >= 0.6 is 11.6 Å². The van der Waals surface area contributed by atoms with E-state index in [9.17, 15) is 9.59 Å². The van der Waals surface area contributed by atoms with Crippen LogP contribution in [0, 0.1) is 0 Å². The molecular formula is C18H19ClN2O3. The molecule has 0 saturated carbocycles. The molecule has 0 bridgehead atoms. The number of hydrogen-bond donors (Lipinski definition) is 1. The zero-order valence-electron chi connectivity index (χ0n) is 13.3. The fraction of sp³-hybridized carbons (Fsp3) is 0.333. The van der Waals surface area contributed by atoms with Gasteiger partial charge in [-0.3, -0.25) is 9.59 Å². The van der Waals surface area contributed by atoms with Crippen LogP contribution in [0.1, 0.15) is 18.4 Å². The lowest BCUT2D eigenvalue weighted by molar-refractivity contribution is -0.131. The average molecular weight is 347 g/mol. The van der Waals surface area contributed by atoms with E-state index < -0.39 is 0 Å².